The molecule has 18 heavy (non-hydrogen) atoms. The Morgan fingerprint density at radius 1 is 1.39 bits per heavy atom. The van der Waals surface area contributed by atoms with Crippen LogP contribution in [0.4, 0.5) is 0 Å². The first-order chi connectivity index (χ1) is 7.97. The minimum absolute atomic E-state index is 0. The largest absolute Gasteiger partial charge is 1.00 e. The molecule has 0 aromatic rings. The van der Waals surface area contributed by atoms with E-state index in [1.54, 1.807) is 6.92 Å². The quantitative estimate of drug-likeness (QED) is 0.480. The Bertz CT molecular complexity index is 263. The fourth-order valence-electron chi connectivity index (χ4n) is 1.81. The predicted molar refractivity (Wildman–Crippen MR) is 53.0 cm³/mol. The standard InChI is InChI=1S/C10H18O7.Na/c1-5-8(13)9(14)10(15-2)6(17-5)3-16-4-7(11)12;/h5-6,8-10,13-14H,3-4H2,1-2H3,(H,11,12);/q;+1/p-1/t5-,6?,8?,9+,10-;/m1./s1. The summed E-state index contributed by atoms with van der Waals surface area (Å²) in [6, 6.07) is 0. The van der Waals surface area contributed by atoms with Gasteiger partial charge in [-0.15, -0.1) is 0 Å². The summed E-state index contributed by atoms with van der Waals surface area (Å²) in [5, 5.41) is 29.5. The van der Waals surface area contributed by atoms with E-state index < -0.39 is 43.1 Å². The van der Waals surface area contributed by atoms with Crippen LogP contribution in [0, 0.1) is 0 Å². The fourth-order valence-corrected chi connectivity index (χ4v) is 1.81. The summed E-state index contributed by atoms with van der Waals surface area (Å²) in [5.74, 6) is -1.33. The van der Waals surface area contributed by atoms with Gasteiger partial charge in [-0.3, -0.25) is 0 Å². The van der Waals surface area contributed by atoms with Crippen LogP contribution >= 0.6 is 0 Å². The van der Waals surface area contributed by atoms with Crippen LogP contribution in [-0.2, 0) is 19.0 Å². The third kappa shape index (κ3) is 4.75. The van der Waals surface area contributed by atoms with Crippen LogP contribution in [0.25, 0.3) is 0 Å². The van der Waals surface area contributed by atoms with Gasteiger partial charge in [-0.25, -0.2) is 0 Å². The molecule has 2 unspecified atom stereocenters. The molecule has 0 saturated carbocycles. The van der Waals surface area contributed by atoms with Crippen LogP contribution in [-0.4, -0.2) is 67.0 Å². The van der Waals surface area contributed by atoms with E-state index >= 15 is 0 Å². The first-order valence-corrected chi connectivity index (χ1v) is 5.29. The number of aliphatic hydroxyl groups is 2. The van der Waals surface area contributed by atoms with Crippen molar-refractivity contribution in [3.63, 3.8) is 0 Å². The summed E-state index contributed by atoms with van der Waals surface area (Å²) in [5.41, 5.74) is 0. The summed E-state index contributed by atoms with van der Waals surface area (Å²) < 4.78 is 15.2. The number of aliphatic hydroxyl groups excluding tert-OH is 2. The van der Waals surface area contributed by atoms with Gasteiger partial charge < -0.3 is 34.3 Å². The topological polar surface area (TPSA) is 108 Å². The van der Waals surface area contributed by atoms with Gasteiger partial charge >= 0.3 is 29.6 Å². The molecule has 1 heterocycles. The summed E-state index contributed by atoms with van der Waals surface area (Å²) in [7, 11) is 1.37. The summed E-state index contributed by atoms with van der Waals surface area (Å²) in [6.07, 6.45) is -4.11. The van der Waals surface area contributed by atoms with Gasteiger partial charge in [0.1, 0.15) is 24.4 Å². The maximum absolute atomic E-state index is 10.2. The van der Waals surface area contributed by atoms with E-state index in [0.29, 0.717) is 0 Å². The van der Waals surface area contributed by atoms with Gasteiger partial charge in [-0.2, -0.15) is 0 Å². The average Bonchev–Trinajstić information content (AvgIpc) is 2.26. The van der Waals surface area contributed by atoms with Gasteiger partial charge in [0, 0.05) is 7.11 Å². The Morgan fingerprint density at radius 2 is 2.00 bits per heavy atom. The van der Waals surface area contributed by atoms with Gasteiger partial charge in [0.15, 0.2) is 0 Å². The molecule has 2 N–H and O–H groups in total. The number of ether oxygens (including phenoxy) is 3. The molecule has 0 spiro atoms. The van der Waals surface area contributed by atoms with E-state index in [-0.39, 0.29) is 36.2 Å². The van der Waals surface area contributed by atoms with E-state index in [4.69, 9.17) is 14.2 Å². The van der Waals surface area contributed by atoms with E-state index in [1.165, 1.54) is 7.11 Å². The van der Waals surface area contributed by atoms with Gasteiger partial charge in [0.2, 0.25) is 0 Å². The molecule has 0 aromatic heterocycles. The van der Waals surface area contributed by atoms with Crippen molar-refractivity contribution < 1.29 is 63.9 Å². The maximum atomic E-state index is 10.2. The van der Waals surface area contributed by atoms with Crippen molar-refractivity contribution in [1.82, 2.24) is 0 Å². The molecule has 5 atom stereocenters. The first kappa shape index (κ1) is 18.3. The number of carboxylic acids is 1. The number of carbonyl (C=O) groups is 1. The molecule has 0 aliphatic carbocycles. The second kappa shape index (κ2) is 8.44. The van der Waals surface area contributed by atoms with Gasteiger partial charge in [0.05, 0.1) is 25.3 Å². The van der Waals surface area contributed by atoms with Crippen LogP contribution < -0.4 is 34.7 Å². The molecule has 1 aliphatic rings. The van der Waals surface area contributed by atoms with Crippen molar-refractivity contribution in [3.8, 4) is 0 Å². The van der Waals surface area contributed by atoms with Crippen molar-refractivity contribution in [3.05, 3.63) is 0 Å². The number of carbonyl (C=O) groups excluding carboxylic acids is 1. The Morgan fingerprint density at radius 3 is 2.50 bits per heavy atom. The maximum Gasteiger partial charge on any atom is 1.00 e. The van der Waals surface area contributed by atoms with Crippen molar-refractivity contribution in [2.45, 2.75) is 37.4 Å². The molecule has 100 valence electrons. The van der Waals surface area contributed by atoms with E-state index in [9.17, 15) is 20.1 Å². The molecular formula is C10H17NaO7. The van der Waals surface area contributed by atoms with Crippen molar-refractivity contribution in [2.24, 2.45) is 0 Å². The third-order valence-corrected chi connectivity index (χ3v) is 2.70. The molecular weight excluding hydrogens is 255 g/mol. The first-order valence-electron chi connectivity index (χ1n) is 5.29. The summed E-state index contributed by atoms with van der Waals surface area (Å²) >= 11 is 0. The number of methoxy groups -OCH3 is 1. The second-order valence-electron chi connectivity index (χ2n) is 3.95. The Hall–Kier alpha value is 0.270. The normalized spacial score (nSPS) is 35.9. The van der Waals surface area contributed by atoms with Crippen LogP contribution in [0.3, 0.4) is 0 Å². The van der Waals surface area contributed by atoms with Crippen molar-refractivity contribution >= 4 is 5.97 Å². The minimum Gasteiger partial charge on any atom is -0.548 e. The minimum atomic E-state index is -1.33. The van der Waals surface area contributed by atoms with Gasteiger partial charge in [-0.1, -0.05) is 0 Å². The SMILES string of the molecule is CO[C@@H]1C(COCC(=O)[O-])O[C@H](C)C(O)[C@@H]1O.[Na+]. The Balaban J connectivity index is 0.00000289. The van der Waals surface area contributed by atoms with E-state index in [0.717, 1.165) is 0 Å². The van der Waals surface area contributed by atoms with Crippen LogP contribution in [0.5, 0.6) is 0 Å². The fraction of sp³-hybridized carbons (Fsp3) is 0.900. The molecule has 1 saturated heterocycles. The Kier molecular flexibility index (Phi) is 8.57. The average molecular weight is 272 g/mol. The van der Waals surface area contributed by atoms with E-state index in [1.807, 2.05) is 0 Å². The molecule has 0 amide bonds. The molecule has 0 radical (unpaired) electrons. The number of aliphatic carboxylic acids is 1. The van der Waals surface area contributed by atoms with E-state index in [2.05, 4.69) is 0 Å². The number of carboxylic acid groups (broad SMARTS) is 1. The number of hydrogen-bond donors (Lipinski definition) is 2. The molecule has 1 fully saturated rings. The molecule has 1 aliphatic heterocycles. The number of rotatable bonds is 5. The number of hydrogen-bond acceptors (Lipinski definition) is 7. The molecule has 7 nitrogen and oxygen atoms in total. The smallest absolute Gasteiger partial charge is 0.548 e. The molecule has 1 rings (SSSR count). The molecule has 0 aromatic carbocycles. The van der Waals surface area contributed by atoms with Crippen LogP contribution in [0.15, 0.2) is 0 Å². The monoisotopic (exact) mass is 272 g/mol. The van der Waals surface area contributed by atoms with Crippen LogP contribution in [0.1, 0.15) is 6.92 Å². The summed E-state index contributed by atoms with van der Waals surface area (Å²) in [6.45, 7) is 0.995. The zero-order valence-electron chi connectivity index (χ0n) is 10.7. The third-order valence-electron chi connectivity index (χ3n) is 2.70. The summed E-state index contributed by atoms with van der Waals surface area (Å²) in [4.78, 5) is 10.2. The van der Waals surface area contributed by atoms with Crippen LogP contribution in [0.2, 0.25) is 0 Å². The second-order valence-corrected chi connectivity index (χ2v) is 3.95. The predicted octanol–water partition coefficient (Wildman–Crippen LogP) is -5.72. The van der Waals surface area contributed by atoms with Crippen molar-refractivity contribution in [1.29, 1.82) is 0 Å². The van der Waals surface area contributed by atoms with Crippen molar-refractivity contribution in [2.75, 3.05) is 20.3 Å². The van der Waals surface area contributed by atoms with Gasteiger partial charge in [-0.05, 0) is 6.92 Å². The van der Waals surface area contributed by atoms with Gasteiger partial charge in [0.25, 0.3) is 0 Å². The molecule has 0 bridgehead atoms. The molecule has 8 heteroatoms. The zero-order valence-corrected chi connectivity index (χ0v) is 12.7. The zero-order chi connectivity index (χ0) is 13.0. The Labute approximate surface area is 127 Å².